The zero-order valence-electron chi connectivity index (χ0n) is 86.4. The predicted octanol–water partition coefficient (Wildman–Crippen LogP) is 27.5. The van der Waals surface area contributed by atoms with Crippen LogP contribution in [0.4, 0.5) is 0 Å². The average molecular weight is 2060 g/mol. The second-order valence-electron chi connectivity index (χ2n) is 47.0. The van der Waals surface area contributed by atoms with Gasteiger partial charge in [-0.05, 0) is 289 Å². The molecular weight excluding hydrogens is 1830 g/mol. The van der Waals surface area contributed by atoms with Gasteiger partial charge in [0.1, 0.15) is 33.6 Å². The lowest BCUT2D eigenvalue weighted by molar-refractivity contribution is -0.180. The van der Waals surface area contributed by atoms with Crippen LogP contribution in [0.3, 0.4) is 0 Å². The smallest absolute Gasteiger partial charge is 0.315 e. The van der Waals surface area contributed by atoms with Crippen LogP contribution in [-0.2, 0) is 105 Å². The fourth-order valence-electron chi connectivity index (χ4n) is 33.2. The summed E-state index contributed by atoms with van der Waals surface area (Å²) in [5.41, 5.74) is -2.18. The van der Waals surface area contributed by atoms with Gasteiger partial charge in [-0.2, -0.15) is 0 Å². The van der Waals surface area contributed by atoms with Gasteiger partial charge in [0.25, 0.3) is 0 Å². The number of hydrogen-bond donors (Lipinski definition) is 1. The summed E-state index contributed by atoms with van der Waals surface area (Å²) >= 11 is 0. The van der Waals surface area contributed by atoms with E-state index in [9.17, 15) is 33.9 Å². The summed E-state index contributed by atoms with van der Waals surface area (Å²) < 4.78 is 100. The maximum atomic E-state index is 13.8. The Hall–Kier alpha value is -3.62. The third-order valence-electron chi connectivity index (χ3n) is 40.7. The SMILES string of the molecule is C.C.C.C.C.C.C.C.C.C.CCC1OC(CC)C2C1C1CC(C)(C(=O)OC3(CC)CCCC3)C2O1.CCC1OC(CC)C2C3OC(C(C(=O)OC4(CC)CCCC4)C3C(=O)OC3(CC)CCCC3)C12.CCC1OC(CC)C2C3OC(C(C)C3C(=O)OC3(CC)CCCC3)C12.CCC1OC(CC)C2C3OC(CC3C(=O)OC3(CC)CCCC3)C12.CCC1OC(CC)C2C3OC(CC3C(O)CC(=O)OC3(CC)CCCC3)C12. The Bertz CT molecular complexity index is 3920. The number of carbonyl (C=O) groups is 6. The summed E-state index contributed by atoms with van der Waals surface area (Å²) in [7, 11) is 0. The Labute approximate surface area is 883 Å². The van der Waals surface area contributed by atoms with Gasteiger partial charge in [-0.25, -0.2) is 0 Å². The van der Waals surface area contributed by atoms with Crippen molar-refractivity contribution in [3.05, 3.63) is 0 Å². The molecule has 21 fully saturated rings. The molecule has 38 atom stereocenters. The maximum absolute atomic E-state index is 13.8. The van der Waals surface area contributed by atoms with Gasteiger partial charge < -0.3 is 80.9 Å². The molecule has 0 spiro atoms. The zero-order chi connectivity index (χ0) is 95.8. The maximum Gasteiger partial charge on any atom is 0.315 e. The normalized spacial score (nSPS) is 41.6. The molecule has 0 aromatic carbocycles. The molecule has 0 aromatic rings. The molecule has 15 saturated heterocycles. The third-order valence-corrected chi connectivity index (χ3v) is 40.7. The molecule has 0 aromatic heterocycles. The lowest BCUT2D eigenvalue weighted by Gasteiger charge is -2.39. The molecule has 1 N–H and O–H groups in total. The molecule has 6 aliphatic carbocycles. The van der Waals surface area contributed by atoms with Gasteiger partial charge in [-0.15, -0.1) is 0 Å². The molecule has 21 aliphatic rings. The molecule has 10 bridgehead atoms. The average Bonchev–Trinajstić information content (AvgIpc) is 1.55. The summed E-state index contributed by atoms with van der Waals surface area (Å²) in [6.07, 6.45) is 44.8. The fraction of sp³-hybridized carbons (Fsp3) is 0.951. The van der Waals surface area contributed by atoms with Crippen molar-refractivity contribution in [1.29, 1.82) is 0 Å². The highest BCUT2D eigenvalue weighted by molar-refractivity contribution is 5.85. The second kappa shape index (κ2) is 52.7. The van der Waals surface area contributed by atoms with Crippen LogP contribution < -0.4 is 0 Å². The molecule has 15 heterocycles. The van der Waals surface area contributed by atoms with Gasteiger partial charge in [0, 0.05) is 65.1 Å². The minimum absolute atomic E-state index is 0. The molecule has 38 unspecified atom stereocenters. The zero-order valence-corrected chi connectivity index (χ0v) is 86.4. The molecule has 21 rings (SSSR count). The third kappa shape index (κ3) is 23.3. The first-order chi connectivity index (χ1) is 65.1. The largest absolute Gasteiger partial charge is 0.459 e. The van der Waals surface area contributed by atoms with Gasteiger partial charge >= 0.3 is 35.8 Å². The molecule has 23 nitrogen and oxygen atoms in total. The van der Waals surface area contributed by atoms with Crippen molar-refractivity contribution in [2.45, 2.75) is 643 Å². The first-order valence-corrected chi connectivity index (χ1v) is 56.7. The van der Waals surface area contributed by atoms with Crippen molar-refractivity contribution in [1.82, 2.24) is 0 Å². The van der Waals surface area contributed by atoms with Gasteiger partial charge in [-0.1, -0.05) is 192 Å². The van der Waals surface area contributed by atoms with E-state index in [2.05, 4.69) is 125 Å². The van der Waals surface area contributed by atoms with Crippen LogP contribution in [0.15, 0.2) is 0 Å². The van der Waals surface area contributed by atoms with E-state index in [0.717, 1.165) is 238 Å². The van der Waals surface area contributed by atoms with E-state index in [1.807, 2.05) is 0 Å². The Morgan fingerprint density at radius 3 is 0.890 bits per heavy atom. The predicted molar refractivity (Wildman–Crippen MR) is 576 cm³/mol. The summed E-state index contributed by atoms with van der Waals surface area (Å²) in [4.78, 5) is 79.6. The number of aliphatic hydroxyl groups excluding tert-OH is 1. The van der Waals surface area contributed by atoms with Crippen molar-refractivity contribution in [2.75, 3.05) is 0 Å². The van der Waals surface area contributed by atoms with Crippen LogP contribution in [0.1, 0.15) is 481 Å². The molecule has 15 aliphatic heterocycles. The van der Waals surface area contributed by atoms with E-state index in [1.54, 1.807) is 0 Å². The first-order valence-electron chi connectivity index (χ1n) is 56.7. The first kappa shape index (κ1) is 128. The van der Waals surface area contributed by atoms with Crippen LogP contribution in [-0.4, -0.2) is 203 Å². The van der Waals surface area contributed by atoms with Crippen molar-refractivity contribution >= 4 is 35.8 Å². The molecule has 0 radical (unpaired) electrons. The minimum atomic E-state index is -0.679. The van der Waals surface area contributed by atoms with E-state index in [1.165, 1.54) is 38.5 Å². The molecule has 0 amide bonds. The summed E-state index contributed by atoms with van der Waals surface area (Å²) in [6, 6.07) is 0. The summed E-state index contributed by atoms with van der Waals surface area (Å²) in [5, 5.41) is 10.9. The van der Waals surface area contributed by atoms with Crippen molar-refractivity contribution in [3.63, 3.8) is 0 Å². The van der Waals surface area contributed by atoms with Crippen molar-refractivity contribution in [2.24, 2.45) is 100 Å². The van der Waals surface area contributed by atoms with E-state index < -0.39 is 23.4 Å². The second-order valence-corrected chi connectivity index (χ2v) is 47.0. The number of fused-ring (bicyclic) bond motifs is 25. The minimum Gasteiger partial charge on any atom is -0.459 e. The van der Waals surface area contributed by atoms with Crippen molar-refractivity contribution in [3.8, 4) is 0 Å². The van der Waals surface area contributed by atoms with Crippen LogP contribution in [0, 0.1) is 100 Å². The topological polar surface area (TPSA) is 270 Å². The highest BCUT2D eigenvalue weighted by Crippen LogP contribution is 2.65. The van der Waals surface area contributed by atoms with E-state index in [4.69, 9.17) is 75.8 Å². The van der Waals surface area contributed by atoms with Crippen LogP contribution in [0.5, 0.6) is 0 Å². The number of ether oxygens (including phenoxy) is 16. The summed E-state index contributed by atoms with van der Waals surface area (Å²) in [5.74, 6) is 1.79. The van der Waals surface area contributed by atoms with Gasteiger partial charge in [0.2, 0.25) is 0 Å². The highest BCUT2D eigenvalue weighted by Gasteiger charge is 2.74. The molecule has 6 saturated carbocycles. The van der Waals surface area contributed by atoms with E-state index >= 15 is 0 Å². The number of rotatable bonds is 30. The number of carbonyl (C=O) groups excluding carboxylic acids is 6. The van der Waals surface area contributed by atoms with Gasteiger partial charge in [0.05, 0.1) is 164 Å². The molecule has 145 heavy (non-hydrogen) atoms. The lowest BCUT2D eigenvalue weighted by Crippen LogP contribution is -2.51. The Morgan fingerprint density at radius 1 is 0.283 bits per heavy atom. The fourth-order valence-corrected chi connectivity index (χ4v) is 33.2. The Kier molecular flexibility index (Phi) is 46.7. The number of hydrogen-bond acceptors (Lipinski definition) is 23. The van der Waals surface area contributed by atoms with E-state index in [0.29, 0.717) is 65.7 Å². The quantitative estimate of drug-likeness (QED) is 0.0517. The van der Waals surface area contributed by atoms with Crippen molar-refractivity contribution < 1.29 is 110 Å². The van der Waals surface area contributed by atoms with Gasteiger partial charge in [0.15, 0.2) is 0 Å². The standard InChI is InChI=1S/C28H44O6.C22H36O5.2C21H34O4.C20H32O4.10CH4/c1-5-17-19-20(18(6-2)31-17)24-22(26(30)34-28(8-4)15-11-12-16-28)21(23(19)32-24)25(29)33-27(7-3)13-9-10-14-27;1-4-15-19-17-11-13(21(26-17)20(19)16(5-2)25-15)14(23)12-18(24)27-22(6-3)9-7-8-10-22;1-5-13-16-15-12-20(4,18(24-15)17(16)14(6-2)23-13)19(22)25-21(7-3)10-8-9-11-21;1-5-13-16-17(14(6-2)23-13)19-15(12(4)18(16)24-19)20(22)25-21(7-3)10-8-9-11-21;1-4-13-16-15-11-12(18(23-15)17(16)14(5-2)22-13)19(21)24-20(6-3)9-7-8-10-20;;;;;;;;;;/h17-24H,5-16H2,1-4H3;13-17,19-21,23H,4-12H2,1-3H3;13-18H,5-12H2,1-4H3;12-19H,5-11H2,1-4H3;12-18H,4-11H2,1-3H3;10*1H4. The van der Waals surface area contributed by atoms with Crippen LogP contribution in [0.2, 0.25) is 0 Å². The number of esters is 6. The monoisotopic (exact) mass is 2050 g/mol. The summed E-state index contributed by atoms with van der Waals surface area (Å²) in [6.45, 7) is 38.8. The molecular formula is C122H220O23. The Morgan fingerprint density at radius 2 is 0.545 bits per heavy atom. The lowest BCUT2D eigenvalue weighted by atomic mass is 9.64. The molecule has 846 valence electrons. The Balaban J connectivity index is 0.000000243. The van der Waals surface area contributed by atoms with E-state index in [-0.39, 0.29) is 289 Å². The van der Waals surface area contributed by atoms with Gasteiger partial charge in [-0.3, -0.25) is 28.8 Å². The number of aliphatic hydroxyl groups is 1. The van der Waals surface area contributed by atoms with Crippen LogP contribution >= 0.6 is 0 Å². The molecule has 23 heteroatoms. The highest BCUT2D eigenvalue weighted by atomic mass is 16.6. The van der Waals surface area contributed by atoms with Crippen LogP contribution in [0.25, 0.3) is 0 Å².